The minimum Gasteiger partial charge on any atom is -0.336 e. The Hall–Kier alpha value is -2.51. The number of hydrogen-bond donors (Lipinski definition) is 1. The molecule has 8 heteroatoms. The number of hydrogen-bond acceptors (Lipinski definition) is 2. The van der Waals surface area contributed by atoms with Gasteiger partial charge in [0, 0.05) is 12.4 Å². The third kappa shape index (κ3) is 3.38. The van der Waals surface area contributed by atoms with Crippen LogP contribution >= 0.6 is 0 Å². The molecule has 0 saturated heterocycles. The number of halogens is 5. The van der Waals surface area contributed by atoms with Crippen LogP contribution in [-0.4, -0.2) is 17.1 Å². The Morgan fingerprint density at radius 2 is 1.73 bits per heavy atom. The van der Waals surface area contributed by atoms with E-state index in [4.69, 9.17) is 0 Å². The molecule has 0 spiro atoms. The van der Waals surface area contributed by atoms with Gasteiger partial charge in [-0.3, -0.25) is 9.78 Å². The van der Waals surface area contributed by atoms with Crippen LogP contribution in [-0.2, 0) is 0 Å². The molecule has 0 aliphatic heterocycles. The summed E-state index contributed by atoms with van der Waals surface area (Å²) in [4.78, 5) is 15.4. The number of aromatic nitrogens is 1. The number of alkyl halides is 3. The molecule has 0 radical (unpaired) electrons. The Morgan fingerprint density at radius 3 is 2.23 bits per heavy atom. The van der Waals surface area contributed by atoms with Crippen molar-refractivity contribution < 1.29 is 26.7 Å². The average molecular weight is 316 g/mol. The number of carbonyl (C=O) groups is 1. The molecule has 1 aromatic heterocycles. The molecule has 22 heavy (non-hydrogen) atoms. The molecule has 0 aliphatic rings. The molecule has 1 N–H and O–H groups in total. The van der Waals surface area contributed by atoms with Crippen LogP contribution in [0.25, 0.3) is 0 Å². The van der Waals surface area contributed by atoms with Crippen molar-refractivity contribution >= 4 is 5.91 Å². The number of carbonyl (C=O) groups excluding carboxylic acids is 1. The van der Waals surface area contributed by atoms with E-state index >= 15 is 0 Å². The first kappa shape index (κ1) is 15.9. The summed E-state index contributed by atoms with van der Waals surface area (Å²) in [6.07, 6.45) is -2.70. The highest BCUT2D eigenvalue weighted by Gasteiger charge is 2.44. The van der Waals surface area contributed by atoms with Crippen LogP contribution in [0.4, 0.5) is 22.0 Å². The van der Waals surface area contributed by atoms with E-state index in [1.807, 2.05) is 0 Å². The largest absolute Gasteiger partial charge is 0.413 e. The minimum absolute atomic E-state index is 0.159. The monoisotopic (exact) mass is 316 g/mol. The van der Waals surface area contributed by atoms with Gasteiger partial charge in [-0.1, -0.05) is 6.07 Å². The topological polar surface area (TPSA) is 42.0 Å². The van der Waals surface area contributed by atoms with E-state index in [-0.39, 0.29) is 5.56 Å². The zero-order valence-corrected chi connectivity index (χ0v) is 10.9. The molecule has 1 unspecified atom stereocenters. The molecule has 2 rings (SSSR count). The Kier molecular flexibility index (Phi) is 4.39. The van der Waals surface area contributed by atoms with E-state index in [1.54, 1.807) is 5.32 Å². The first-order valence-electron chi connectivity index (χ1n) is 6.02. The van der Waals surface area contributed by atoms with Crippen molar-refractivity contribution in [2.75, 3.05) is 0 Å². The van der Waals surface area contributed by atoms with E-state index in [1.165, 1.54) is 18.3 Å². The molecular weight excluding hydrogens is 307 g/mol. The van der Waals surface area contributed by atoms with Crippen molar-refractivity contribution in [3.63, 3.8) is 0 Å². The zero-order valence-electron chi connectivity index (χ0n) is 10.9. The fourth-order valence-electron chi connectivity index (χ4n) is 1.82. The smallest absolute Gasteiger partial charge is 0.336 e. The lowest BCUT2D eigenvalue weighted by atomic mass is 10.0. The van der Waals surface area contributed by atoms with Crippen molar-refractivity contribution in [1.29, 1.82) is 0 Å². The molecule has 116 valence electrons. The fraction of sp³-hybridized carbons (Fsp3) is 0.143. The molecular formula is C14H9F5N2O. The third-order valence-electron chi connectivity index (χ3n) is 2.81. The van der Waals surface area contributed by atoms with Crippen LogP contribution in [0.15, 0.2) is 42.7 Å². The number of rotatable bonds is 3. The van der Waals surface area contributed by atoms with Gasteiger partial charge in [0.2, 0.25) is 0 Å². The summed E-state index contributed by atoms with van der Waals surface area (Å²) >= 11 is 0. The number of benzene rings is 1. The summed E-state index contributed by atoms with van der Waals surface area (Å²) in [5.74, 6) is -3.93. The van der Waals surface area contributed by atoms with Crippen LogP contribution in [0, 0.1) is 11.6 Å². The van der Waals surface area contributed by atoms with Gasteiger partial charge in [-0.25, -0.2) is 8.78 Å². The summed E-state index contributed by atoms with van der Waals surface area (Å²) < 4.78 is 66.4. The van der Waals surface area contributed by atoms with E-state index in [0.29, 0.717) is 12.1 Å². The number of nitrogens with one attached hydrogen (secondary N) is 1. The number of nitrogens with zero attached hydrogens (tertiary/aromatic N) is 1. The van der Waals surface area contributed by atoms with Crippen LogP contribution < -0.4 is 5.32 Å². The van der Waals surface area contributed by atoms with Gasteiger partial charge in [-0.15, -0.1) is 0 Å². The second kappa shape index (κ2) is 6.08. The SMILES string of the molecule is O=C(NC(c1c(F)cccc1F)C(F)(F)F)c1cccnc1. The van der Waals surface area contributed by atoms with Crippen LogP contribution in [0.5, 0.6) is 0 Å². The lowest BCUT2D eigenvalue weighted by molar-refractivity contribution is -0.156. The van der Waals surface area contributed by atoms with E-state index in [0.717, 1.165) is 12.3 Å². The van der Waals surface area contributed by atoms with Crippen molar-refractivity contribution in [2.45, 2.75) is 12.2 Å². The lowest BCUT2D eigenvalue weighted by Gasteiger charge is -2.22. The van der Waals surface area contributed by atoms with E-state index in [2.05, 4.69) is 4.98 Å². The molecule has 0 aliphatic carbocycles. The molecule has 1 aromatic carbocycles. The van der Waals surface area contributed by atoms with Gasteiger partial charge in [0.1, 0.15) is 11.6 Å². The second-order valence-corrected chi connectivity index (χ2v) is 4.33. The van der Waals surface area contributed by atoms with Crippen LogP contribution in [0.2, 0.25) is 0 Å². The Bertz CT molecular complexity index is 652. The van der Waals surface area contributed by atoms with Crippen molar-refractivity contribution in [3.05, 3.63) is 65.5 Å². The number of amides is 1. The average Bonchev–Trinajstić information content (AvgIpc) is 2.45. The predicted octanol–water partition coefficient (Wildman–Crippen LogP) is 3.39. The Labute approximate surface area is 121 Å². The quantitative estimate of drug-likeness (QED) is 0.882. The van der Waals surface area contributed by atoms with Gasteiger partial charge >= 0.3 is 6.18 Å². The maximum Gasteiger partial charge on any atom is 0.413 e. The zero-order chi connectivity index (χ0) is 16.3. The Balaban J connectivity index is 2.39. The van der Waals surface area contributed by atoms with E-state index < -0.39 is 35.3 Å². The molecule has 1 atom stereocenters. The summed E-state index contributed by atoms with van der Waals surface area (Å²) in [7, 11) is 0. The van der Waals surface area contributed by atoms with Crippen LogP contribution in [0.3, 0.4) is 0 Å². The van der Waals surface area contributed by atoms with Crippen molar-refractivity contribution in [1.82, 2.24) is 10.3 Å². The lowest BCUT2D eigenvalue weighted by Crippen LogP contribution is -2.39. The first-order chi connectivity index (χ1) is 10.3. The summed E-state index contributed by atoms with van der Waals surface area (Å²) in [5, 5.41) is 1.59. The molecule has 1 amide bonds. The maximum atomic E-state index is 13.6. The number of pyridine rings is 1. The van der Waals surface area contributed by atoms with Gasteiger partial charge in [0.25, 0.3) is 5.91 Å². The molecule has 2 aromatic rings. The van der Waals surface area contributed by atoms with E-state index in [9.17, 15) is 26.7 Å². The van der Waals surface area contributed by atoms with Crippen molar-refractivity contribution in [3.8, 4) is 0 Å². The highest BCUT2D eigenvalue weighted by molar-refractivity contribution is 5.94. The highest BCUT2D eigenvalue weighted by atomic mass is 19.4. The standard InChI is InChI=1S/C14H9F5N2O/c15-9-4-1-5-10(16)11(9)12(14(17,18)19)21-13(22)8-3-2-6-20-7-8/h1-7,12H,(H,21,22). The predicted molar refractivity (Wildman–Crippen MR) is 66.9 cm³/mol. The van der Waals surface area contributed by atoms with Crippen LogP contribution in [0.1, 0.15) is 22.0 Å². The fourth-order valence-corrected chi connectivity index (χ4v) is 1.82. The third-order valence-corrected chi connectivity index (χ3v) is 2.81. The summed E-state index contributed by atoms with van der Waals surface area (Å²) in [6.45, 7) is 0. The molecule has 0 bridgehead atoms. The summed E-state index contributed by atoms with van der Waals surface area (Å²) in [5.41, 5.74) is -1.42. The summed E-state index contributed by atoms with van der Waals surface area (Å²) in [6, 6.07) is 2.08. The van der Waals surface area contributed by atoms with Gasteiger partial charge in [-0.05, 0) is 24.3 Å². The van der Waals surface area contributed by atoms with Gasteiger partial charge in [0.05, 0.1) is 11.1 Å². The highest BCUT2D eigenvalue weighted by Crippen LogP contribution is 2.35. The van der Waals surface area contributed by atoms with Gasteiger partial charge in [0.15, 0.2) is 6.04 Å². The normalized spacial score (nSPS) is 12.8. The maximum absolute atomic E-state index is 13.6. The molecule has 0 saturated carbocycles. The van der Waals surface area contributed by atoms with Gasteiger partial charge in [-0.2, -0.15) is 13.2 Å². The van der Waals surface area contributed by atoms with Crippen molar-refractivity contribution in [2.24, 2.45) is 0 Å². The molecule has 1 heterocycles. The minimum atomic E-state index is -5.07. The molecule has 0 fully saturated rings. The first-order valence-corrected chi connectivity index (χ1v) is 6.02. The van der Waals surface area contributed by atoms with Gasteiger partial charge < -0.3 is 5.32 Å². The second-order valence-electron chi connectivity index (χ2n) is 4.33. The Morgan fingerprint density at radius 1 is 1.09 bits per heavy atom. The molecule has 3 nitrogen and oxygen atoms in total.